The Labute approximate surface area is 168 Å². The van der Waals surface area contributed by atoms with E-state index in [-0.39, 0.29) is 43.2 Å². The minimum atomic E-state index is -0.585. The Morgan fingerprint density at radius 3 is 2.72 bits per heavy atom. The predicted molar refractivity (Wildman–Crippen MR) is 104 cm³/mol. The molecule has 0 spiro atoms. The second kappa shape index (κ2) is 8.77. The summed E-state index contributed by atoms with van der Waals surface area (Å²) in [6.07, 6.45) is -0.789. The van der Waals surface area contributed by atoms with E-state index in [0.717, 1.165) is 0 Å². The van der Waals surface area contributed by atoms with E-state index in [1.807, 2.05) is 6.92 Å². The normalized spacial score (nSPS) is 23.6. The lowest BCUT2D eigenvalue weighted by Gasteiger charge is -2.47. The first kappa shape index (κ1) is 21.0. The number of methoxy groups -OCH3 is 1. The number of Topliss-reactive ketones (excluding diaryl/α,β-unsaturated/α-hetero) is 1. The molecular formula is C20H26FN3O5. The lowest BCUT2D eigenvalue weighted by Crippen LogP contribution is -2.59. The number of hydrogen-bond donors (Lipinski definition) is 1. The number of ketones is 1. The fourth-order valence-corrected chi connectivity index (χ4v) is 3.78. The first-order valence-corrected chi connectivity index (χ1v) is 9.62. The van der Waals surface area contributed by atoms with Crippen molar-refractivity contribution < 1.29 is 28.2 Å². The van der Waals surface area contributed by atoms with E-state index in [0.29, 0.717) is 24.5 Å². The molecule has 0 radical (unpaired) electrons. The molecule has 2 heterocycles. The van der Waals surface area contributed by atoms with Crippen LogP contribution < -0.4 is 15.1 Å². The monoisotopic (exact) mass is 407 g/mol. The maximum Gasteiger partial charge on any atom is 0.414 e. The van der Waals surface area contributed by atoms with Gasteiger partial charge >= 0.3 is 6.09 Å². The summed E-state index contributed by atoms with van der Waals surface area (Å²) in [5.41, 5.74) is 0.711. The fraction of sp³-hybridized carbons (Fsp3) is 0.550. The van der Waals surface area contributed by atoms with Gasteiger partial charge in [-0.25, -0.2) is 9.18 Å². The summed E-state index contributed by atoms with van der Waals surface area (Å²) >= 11 is 0. The molecule has 2 aliphatic heterocycles. The molecule has 0 bridgehead atoms. The zero-order chi connectivity index (χ0) is 21.1. The maximum atomic E-state index is 14.9. The number of hydrogen-bond acceptors (Lipinski definition) is 6. The van der Waals surface area contributed by atoms with Crippen molar-refractivity contribution in [3.05, 3.63) is 24.0 Å². The van der Waals surface area contributed by atoms with Crippen LogP contribution in [0.25, 0.3) is 0 Å². The molecule has 0 aliphatic carbocycles. The SMILES string of the molecule is COCCC(=O)[C@@H]1[C@@H](C)CN1c1ccc(N2C[C@H](CNC(C)=O)OC2=O)cc1F. The molecule has 2 aliphatic rings. The highest BCUT2D eigenvalue weighted by atomic mass is 19.1. The van der Waals surface area contributed by atoms with Crippen molar-refractivity contribution >= 4 is 29.2 Å². The number of nitrogens with one attached hydrogen (secondary N) is 1. The number of anilines is 2. The zero-order valence-corrected chi connectivity index (χ0v) is 16.8. The Hall–Kier alpha value is -2.68. The first-order valence-electron chi connectivity index (χ1n) is 9.62. The van der Waals surface area contributed by atoms with Crippen LogP contribution in [-0.4, -0.2) is 63.3 Å². The van der Waals surface area contributed by atoms with Gasteiger partial charge in [0, 0.05) is 32.9 Å². The number of nitrogens with zero attached hydrogens (tertiary/aromatic N) is 2. The lowest BCUT2D eigenvalue weighted by atomic mass is 9.85. The molecule has 3 atom stereocenters. The molecular weight excluding hydrogens is 381 g/mol. The third kappa shape index (κ3) is 4.50. The van der Waals surface area contributed by atoms with Crippen LogP contribution in [0.5, 0.6) is 0 Å². The average molecular weight is 407 g/mol. The van der Waals surface area contributed by atoms with Crippen LogP contribution in [0.2, 0.25) is 0 Å². The molecule has 2 fully saturated rings. The third-order valence-electron chi connectivity index (χ3n) is 5.25. The lowest BCUT2D eigenvalue weighted by molar-refractivity contribution is -0.123. The van der Waals surface area contributed by atoms with E-state index in [1.54, 1.807) is 17.0 Å². The Balaban J connectivity index is 1.70. The van der Waals surface area contributed by atoms with Gasteiger partial charge in [-0.05, 0) is 18.2 Å². The van der Waals surface area contributed by atoms with Gasteiger partial charge in [-0.3, -0.25) is 14.5 Å². The summed E-state index contributed by atoms with van der Waals surface area (Å²) in [4.78, 5) is 38.6. The molecule has 1 aromatic carbocycles. The van der Waals surface area contributed by atoms with Gasteiger partial charge in [-0.15, -0.1) is 0 Å². The number of rotatable bonds is 8. The van der Waals surface area contributed by atoms with E-state index in [2.05, 4.69) is 5.32 Å². The highest BCUT2D eigenvalue weighted by Crippen LogP contribution is 2.36. The fourth-order valence-electron chi connectivity index (χ4n) is 3.78. The van der Waals surface area contributed by atoms with E-state index in [4.69, 9.17) is 9.47 Å². The molecule has 1 N–H and O–H groups in total. The molecule has 8 nitrogen and oxygen atoms in total. The first-order chi connectivity index (χ1) is 13.8. The third-order valence-corrected chi connectivity index (χ3v) is 5.25. The number of halogens is 1. The molecule has 9 heteroatoms. The Kier molecular flexibility index (Phi) is 6.36. The summed E-state index contributed by atoms with van der Waals surface area (Å²) in [5, 5.41) is 2.60. The standard InChI is InChI=1S/C20H26FN3O5/c1-12-10-24(19(12)18(26)6-7-28-3)17-5-4-14(8-16(17)21)23-11-15(29-20(23)27)9-22-13(2)25/h4-5,8,12,15,19H,6-7,9-11H2,1-3H3,(H,22,25)/t12-,15-,19-/m0/s1. The average Bonchev–Trinajstić information content (AvgIpc) is 3.03. The van der Waals surface area contributed by atoms with Crippen molar-refractivity contribution in [3.8, 4) is 0 Å². The van der Waals surface area contributed by atoms with Crippen LogP contribution in [0.4, 0.5) is 20.6 Å². The van der Waals surface area contributed by atoms with E-state index in [9.17, 15) is 18.8 Å². The van der Waals surface area contributed by atoms with E-state index < -0.39 is 18.0 Å². The topological polar surface area (TPSA) is 88.2 Å². The molecule has 158 valence electrons. The molecule has 0 saturated carbocycles. The van der Waals surface area contributed by atoms with Crippen molar-refractivity contribution in [2.45, 2.75) is 32.4 Å². The van der Waals surface area contributed by atoms with Crippen LogP contribution in [0.3, 0.4) is 0 Å². The van der Waals surface area contributed by atoms with Gasteiger partial charge in [0.25, 0.3) is 0 Å². The van der Waals surface area contributed by atoms with E-state index in [1.165, 1.54) is 25.0 Å². The van der Waals surface area contributed by atoms with Gasteiger partial charge in [0.05, 0.1) is 37.1 Å². The number of carbonyl (C=O) groups excluding carboxylic acids is 3. The molecule has 0 aromatic heterocycles. The maximum absolute atomic E-state index is 14.9. The molecule has 2 amide bonds. The molecule has 29 heavy (non-hydrogen) atoms. The second-order valence-corrected chi connectivity index (χ2v) is 7.47. The number of carbonyl (C=O) groups is 3. The van der Waals surface area contributed by atoms with Crippen molar-refractivity contribution in [1.29, 1.82) is 0 Å². The van der Waals surface area contributed by atoms with E-state index >= 15 is 0 Å². The van der Waals surface area contributed by atoms with Gasteiger partial charge in [0.2, 0.25) is 5.91 Å². The highest BCUT2D eigenvalue weighted by Gasteiger charge is 2.41. The largest absolute Gasteiger partial charge is 0.442 e. The van der Waals surface area contributed by atoms with Crippen molar-refractivity contribution in [2.24, 2.45) is 5.92 Å². The Morgan fingerprint density at radius 2 is 2.10 bits per heavy atom. The number of cyclic esters (lactones) is 1. The quantitative estimate of drug-likeness (QED) is 0.706. The molecule has 3 rings (SSSR count). The number of benzene rings is 1. The number of ether oxygens (including phenoxy) is 2. The van der Waals surface area contributed by atoms with Crippen LogP contribution in [0, 0.1) is 11.7 Å². The summed E-state index contributed by atoms with van der Waals surface area (Å²) in [6, 6.07) is 4.13. The van der Waals surface area contributed by atoms with Gasteiger partial charge in [-0.2, -0.15) is 0 Å². The summed E-state index contributed by atoms with van der Waals surface area (Å²) in [6.45, 7) is 4.70. The predicted octanol–water partition coefficient (Wildman–Crippen LogP) is 1.72. The van der Waals surface area contributed by atoms with Gasteiger partial charge < -0.3 is 19.7 Å². The van der Waals surface area contributed by atoms with Crippen LogP contribution in [0.15, 0.2) is 18.2 Å². The zero-order valence-electron chi connectivity index (χ0n) is 16.8. The minimum Gasteiger partial charge on any atom is -0.442 e. The summed E-state index contributed by atoms with van der Waals surface area (Å²) in [5.74, 6) is -0.551. The number of amides is 2. The van der Waals surface area contributed by atoms with Gasteiger partial charge in [0.1, 0.15) is 11.9 Å². The van der Waals surface area contributed by atoms with Crippen molar-refractivity contribution in [2.75, 3.05) is 43.2 Å². The van der Waals surface area contributed by atoms with Crippen molar-refractivity contribution in [3.63, 3.8) is 0 Å². The summed E-state index contributed by atoms with van der Waals surface area (Å²) in [7, 11) is 1.54. The Morgan fingerprint density at radius 1 is 1.34 bits per heavy atom. The molecule has 2 saturated heterocycles. The molecule has 1 aromatic rings. The second-order valence-electron chi connectivity index (χ2n) is 7.47. The highest BCUT2D eigenvalue weighted by molar-refractivity contribution is 5.91. The molecule has 0 unspecified atom stereocenters. The van der Waals surface area contributed by atoms with Crippen molar-refractivity contribution in [1.82, 2.24) is 5.32 Å². The van der Waals surface area contributed by atoms with Gasteiger partial charge in [0.15, 0.2) is 5.78 Å². The smallest absolute Gasteiger partial charge is 0.414 e. The Bertz CT molecular complexity index is 802. The minimum absolute atomic E-state index is 0.0259. The van der Waals surface area contributed by atoms with Gasteiger partial charge in [-0.1, -0.05) is 6.92 Å². The van der Waals surface area contributed by atoms with Crippen LogP contribution in [-0.2, 0) is 19.1 Å². The van der Waals surface area contributed by atoms with Crippen LogP contribution >= 0.6 is 0 Å². The van der Waals surface area contributed by atoms with Crippen LogP contribution in [0.1, 0.15) is 20.3 Å². The summed E-state index contributed by atoms with van der Waals surface area (Å²) < 4.78 is 25.0.